The summed E-state index contributed by atoms with van der Waals surface area (Å²) in [4.78, 5) is 20.4. The predicted octanol–water partition coefficient (Wildman–Crippen LogP) is 3.49. The Morgan fingerprint density at radius 3 is 2.57 bits per heavy atom. The van der Waals surface area contributed by atoms with E-state index in [0.717, 1.165) is 61.5 Å². The zero-order valence-electron chi connectivity index (χ0n) is 21.4. The van der Waals surface area contributed by atoms with Gasteiger partial charge in [-0.1, -0.05) is 6.92 Å². The number of aromatic nitrogens is 3. The fraction of sp³-hybridized carbons (Fsp3) is 0.423. The topological polar surface area (TPSA) is 76.2 Å². The number of aryl methyl sites for hydroxylation is 2. The number of carbonyl (C=O) groups excluding carboxylic acids is 1. The van der Waals surface area contributed by atoms with E-state index in [9.17, 15) is 4.39 Å². The summed E-state index contributed by atoms with van der Waals surface area (Å²) in [5, 5.41) is 3.38. The van der Waals surface area contributed by atoms with Gasteiger partial charge < -0.3 is 28.7 Å². The summed E-state index contributed by atoms with van der Waals surface area (Å²) >= 11 is 0. The number of ether oxygens (including phenoxy) is 1. The molecule has 0 radical (unpaired) electrons. The van der Waals surface area contributed by atoms with Crippen LogP contribution in [0.25, 0.3) is 11.3 Å². The Balaban J connectivity index is 0.00000108. The minimum Gasteiger partial charge on any atom is -0.493 e. The molecule has 1 aliphatic rings. The van der Waals surface area contributed by atoms with Crippen LogP contribution in [0.1, 0.15) is 38.4 Å². The number of pyridine rings is 2. The Labute approximate surface area is 205 Å². The predicted molar refractivity (Wildman–Crippen MR) is 137 cm³/mol. The van der Waals surface area contributed by atoms with Crippen LogP contribution in [0.2, 0.25) is 0 Å². The van der Waals surface area contributed by atoms with Crippen molar-refractivity contribution in [2.24, 2.45) is 12.0 Å². The summed E-state index contributed by atoms with van der Waals surface area (Å²) in [5.74, 6) is 0.322. The number of halogens is 1. The summed E-state index contributed by atoms with van der Waals surface area (Å²) in [5.41, 5.74) is 5.40. The molecule has 1 N–H and O–H groups in total. The van der Waals surface area contributed by atoms with Crippen LogP contribution in [0.5, 0.6) is 5.75 Å². The minimum atomic E-state index is -0.363. The van der Waals surface area contributed by atoms with E-state index in [0.29, 0.717) is 22.4 Å². The van der Waals surface area contributed by atoms with Crippen molar-refractivity contribution >= 4 is 23.3 Å². The molecular formula is C26H35FN6O2. The molecule has 0 aliphatic carbocycles. The van der Waals surface area contributed by atoms with E-state index in [1.54, 1.807) is 11.5 Å². The van der Waals surface area contributed by atoms with Crippen LogP contribution in [-0.2, 0) is 11.8 Å². The molecule has 0 aromatic carbocycles. The monoisotopic (exact) mass is 482 g/mol. The van der Waals surface area contributed by atoms with Crippen LogP contribution in [0.15, 0.2) is 41.3 Å². The smallest absolute Gasteiger partial charge is 0.175 e. The largest absolute Gasteiger partial charge is 0.493 e. The van der Waals surface area contributed by atoms with Crippen molar-refractivity contribution in [1.29, 1.82) is 0 Å². The number of anilines is 1. The lowest BCUT2D eigenvalue weighted by atomic mass is 10.1. The second-order valence-electron chi connectivity index (χ2n) is 8.46. The Hall–Kier alpha value is -3.46. The van der Waals surface area contributed by atoms with Gasteiger partial charge in [-0.2, -0.15) is 0 Å². The van der Waals surface area contributed by atoms with Gasteiger partial charge in [0.05, 0.1) is 24.2 Å². The van der Waals surface area contributed by atoms with Gasteiger partial charge in [0, 0.05) is 63.4 Å². The lowest BCUT2D eigenvalue weighted by molar-refractivity contribution is -0.106. The molecule has 35 heavy (non-hydrogen) atoms. The molecule has 0 atom stereocenters. The van der Waals surface area contributed by atoms with E-state index in [2.05, 4.69) is 28.3 Å². The highest BCUT2D eigenvalue weighted by atomic mass is 19.1. The van der Waals surface area contributed by atoms with E-state index in [1.165, 1.54) is 13.0 Å². The third-order valence-corrected chi connectivity index (χ3v) is 5.91. The number of nitrogens with one attached hydrogen (secondary N) is 1. The maximum absolute atomic E-state index is 14.8. The van der Waals surface area contributed by atoms with E-state index in [-0.39, 0.29) is 5.82 Å². The van der Waals surface area contributed by atoms with E-state index >= 15 is 0 Å². The van der Waals surface area contributed by atoms with Crippen molar-refractivity contribution in [3.63, 3.8) is 0 Å². The minimum absolute atomic E-state index is 0.322. The number of rotatable bonds is 5. The van der Waals surface area contributed by atoms with Crippen LogP contribution < -0.4 is 20.4 Å². The van der Waals surface area contributed by atoms with Crippen molar-refractivity contribution in [3.05, 3.63) is 58.9 Å². The Bertz CT molecular complexity index is 1280. The fourth-order valence-electron chi connectivity index (χ4n) is 4.04. The van der Waals surface area contributed by atoms with E-state index in [4.69, 9.17) is 14.5 Å². The van der Waals surface area contributed by atoms with Gasteiger partial charge in [-0.25, -0.2) is 14.4 Å². The zero-order valence-corrected chi connectivity index (χ0v) is 21.4. The number of aldehydes is 1. The molecule has 3 aromatic heterocycles. The molecule has 0 bridgehead atoms. The molecule has 9 heteroatoms. The van der Waals surface area contributed by atoms with Gasteiger partial charge in [-0.15, -0.1) is 0 Å². The normalized spacial score (nSPS) is 14.9. The SMILES string of the molecule is CC/C(C)=C(/N=c1c(OC)cc(N2CCNCC2)cn1C)c1cc(F)c2nc(C)cn2c1.CC=O. The Kier molecular flexibility index (Phi) is 8.81. The Morgan fingerprint density at radius 1 is 1.26 bits per heavy atom. The number of allylic oxidation sites excluding steroid dienone is 1. The van der Waals surface area contributed by atoms with Crippen molar-refractivity contribution < 1.29 is 13.9 Å². The lowest BCUT2D eigenvalue weighted by Crippen LogP contribution is -2.44. The molecular weight excluding hydrogens is 447 g/mol. The van der Waals surface area contributed by atoms with Gasteiger partial charge in [0.1, 0.15) is 6.29 Å². The molecule has 8 nitrogen and oxygen atoms in total. The molecule has 0 spiro atoms. The molecule has 1 saturated heterocycles. The highest BCUT2D eigenvalue weighted by molar-refractivity contribution is 5.68. The summed E-state index contributed by atoms with van der Waals surface area (Å²) in [6.45, 7) is 11.2. The maximum Gasteiger partial charge on any atom is 0.175 e. The molecule has 0 unspecified atom stereocenters. The number of piperazine rings is 1. The first-order chi connectivity index (χ1) is 16.8. The van der Waals surface area contributed by atoms with Crippen LogP contribution in [-0.4, -0.2) is 53.5 Å². The summed E-state index contributed by atoms with van der Waals surface area (Å²) < 4.78 is 24.3. The quantitative estimate of drug-likeness (QED) is 0.564. The summed E-state index contributed by atoms with van der Waals surface area (Å²) in [6, 6.07) is 3.55. The third kappa shape index (κ3) is 5.97. The first kappa shape index (κ1) is 26.2. The Morgan fingerprint density at radius 2 is 1.94 bits per heavy atom. The number of hydrogen-bond donors (Lipinski definition) is 1. The highest BCUT2D eigenvalue weighted by Crippen LogP contribution is 2.25. The molecule has 0 saturated carbocycles. The number of carbonyl (C=O) groups is 1. The van der Waals surface area contributed by atoms with Gasteiger partial charge in [0.2, 0.25) is 0 Å². The van der Waals surface area contributed by atoms with Crippen LogP contribution in [0, 0.1) is 12.7 Å². The average Bonchev–Trinajstić information content (AvgIpc) is 3.24. The number of imidazole rings is 1. The average molecular weight is 483 g/mol. The van der Waals surface area contributed by atoms with Crippen LogP contribution in [0.4, 0.5) is 10.1 Å². The van der Waals surface area contributed by atoms with Crippen molar-refractivity contribution in [1.82, 2.24) is 19.3 Å². The van der Waals surface area contributed by atoms with Gasteiger partial charge >= 0.3 is 0 Å². The van der Waals surface area contributed by atoms with Gasteiger partial charge in [0.25, 0.3) is 0 Å². The number of fused-ring (bicyclic) bond motifs is 1. The van der Waals surface area contributed by atoms with Gasteiger partial charge in [-0.05, 0) is 38.8 Å². The molecule has 188 valence electrons. The second kappa shape index (κ2) is 11.8. The highest BCUT2D eigenvalue weighted by Gasteiger charge is 2.15. The van der Waals surface area contributed by atoms with Crippen molar-refractivity contribution in [2.45, 2.75) is 34.1 Å². The number of methoxy groups -OCH3 is 1. The van der Waals surface area contributed by atoms with E-state index in [1.807, 2.05) is 43.9 Å². The molecule has 4 rings (SSSR count). The lowest BCUT2D eigenvalue weighted by Gasteiger charge is -2.30. The molecule has 1 fully saturated rings. The van der Waals surface area contributed by atoms with Crippen LogP contribution >= 0.6 is 0 Å². The maximum atomic E-state index is 14.8. The molecule has 4 heterocycles. The summed E-state index contributed by atoms with van der Waals surface area (Å²) in [7, 11) is 3.63. The zero-order chi connectivity index (χ0) is 25.5. The van der Waals surface area contributed by atoms with Crippen molar-refractivity contribution in [2.75, 3.05) is 38.2 Å². The second-order valence-corrected chi connectivity index (χ2v) is 8.46. The number of hydrogen-bond acceptors (Lipinski definition) is 6. The van der Waals surface area contributed by atoms with E-state index < -0.39 is 0 Å². The van der Waals surface area contributed by atoms with Crippen molar-refractivity contribution in [3.8, 4) is 5.75 Å². The standard InChI is InChI=1S/C24H31FN6O.C2H4O/c1-6-16(2)22(18-11-20(25)23-27-17(3)13-31(23)14-18)28-24-21(32-5)12-19(15-29(24)4)30-9-7-26-8-10-30;1-2-3/h11-15,26H,6-10H2,1-5H3;2H,1H3/b22-16+,28-24?;. The van der Waals surface area contributed by atoms with Gasteiger partial charge in [0.15, 0.2) is 22.7 Å². The fourth-order valence-corrected chi connectivity index (χ4v) is 4.04. The first-order valence-corrected chi connectivity index (χ1v) is 11.8. The molecule has 0 amide bonds. The third-order valence-electron chi connectivity index (χ3n) is 5.91. The van der Waals surface area contributed by atoms with Gasteiger partial charge in [-0.3, -0.25) is 0 Å². The number of nitrogens with zero attached hydrogens (tertiary/aromatic N) is 5. The molecule has 1 aliphatic heterocycles. The summed E-state index contributed by atoms with van der Waals surface area (Å²) in [6.07, 6.45) is 7.34. The van der Waals surface area contributed by atoms with Crippen LogP contribution in [0.3, 0.4) is 0 Å². The first-order valence-electron chi connectivity index (χ1n) is 11.8. The molecule has 3 aromatic rings.